The molecule has 2 nitrogen and oxygen atoms in total. The van der Waals surface area contributed by atoms with Crippen molar-refractivity contribution in [2.24, 2.45) is 0 Å². The standard InChI is InChI=1S/C32H18ClNO/c33-29-17-7-16-28-31(29)35-30-22(21-9-5-8-20(18-21)19-34)12-6-15-27(30)32(28)25-13-3-1-10-23(25)24-11-2-4-14-26(24)32/h1-18H. The summed E-state index contributed by atoms with van der Waals surface area (Å²) in [7, 11) is 0. The third-order valence-electron chi connectivity index (χ3n) is 7.25. The minimum absolute atomic E-state index is 0.566. The number of rotatable bonds is 1. The average molecular weight is 468 g/mol. The summed E-state index contributed by atoms with van der Waals surface area (Å²) in [6.45, 7) is 0. The predicted molar refractivity (Wildman–Crippen MR) is 139 cm³/mol. The fraction of sp³-hybridized carbons (Fsp3) is 0.0312. The Morgan fingerprint density at radius 3 is 1.89 bits per heavy atom. The molecule has 0 atom stereocenters. The van der Waals surface area contributed by atoms with Crippen LogP contribution in [0.2, 0.25) is 5.02 Å². The van der Waals surface area contributed by atoms with E-state index in [0.717, 1.165) is 28.0 Å². The van der Waals surface area contributed by atoms with Crippen molar-refractivity contribution < 1.29 is 4.74 Å². The van der Waals surface area contributed by atoms with E-state index in [1.807, 2.05) is 36.4 Å². The van der Waals surface area contributed by atoms with Gasteiger partial charge in [-0.1, -0.05) is 103 Å². The van der Waals surface area contributed by atoms with Gasteiger partial charge in [-0.3, -0.25) is 0 Å². The fourth-order valence-electron chi connectivity index (χ4n) is 5.90. The van der Waals surface area contributed by atoms with E-state index in [0.29, 0.717) is 16.3 Å². The van der Waals surface area contributed by atoms with E-state index < -0.39 is 5.41 Å². The van der Waals surface area contributed by atoms with E-state index in [4.69, 9.17) is 16.3 Å². The number of ether oxygens (including phenoxy) is 1. The minimum atomic E-state index is -0.566. The highest BCUT2D eigenvalue weighted by Crippen LogP contribution is 2.63. The van der Waals surface area contributed by atoms with Crippen LogP contribution in [0, 0.1) is 11.3 Å². The number of hydrogen-bond donors (Lipinski definition) is 0. The molecule has 1 aliphatic carbocycles. The first-order valence-corrected chi connectivity index (χ1v) is 11.9. The molecule has 5 aromatic carbocycles. The van der Waals surface area contributed by atoms with Crippen LogP contribution in [-0.4, -0.2) is 0 Å². The zero-order chi connectivity index (χ0) is 23.6. The number of para-hydroxylation sites is 2. The largest absolute Gasteiger partial charge is 0.454 e. The summed E-state index contributed by atoms with van der Waals surface area (Å²) in [4.78, 5) is 0. The SMILES string of the molecule is N#Cc1cccc(-c2cccc3c2Oc2c(Cl)cccc2C32c3ccccc3-c3ccccc32)c1. The van der Waals surface area contributed by atoms with Gasteiger partial charge in [0.15, 0.2) is 5.75 Å². The molecule has 0 fully saturated rings. The molecular weight excluding hydrogens is 450 g/mol. The molecule has 0 bridgehead atoms. The lowest BCUT2D eigenvalue weighted by atomic mass is 9.65. The van der Waals surface area contributed by atoms with E-state index in [1.54, 1.807) is 0 Å². The van der Waals surface area contributed by atoms with Crippen LogP contribution < -0.4 is 4.74 Å². The van der Waals surface area contributed by atoms with Gasteiger partial charge < -0.3 is 4.74 Å². The van der Waals surface area contributed by atoms with E-state index in [2.05, 4.69) is 78.9 Å². The second-order valence-corrected chi connectivity index (χ2v) is 9.34. The molecule has 7 rings (SSSR count). The van der Waals surface area contributed by atoms with Crippen molar-refractivity contribution in [2.45, 2.75) is 5.41 Å². The van der Waals surface area contributed by atoms with Crippen molar-refractivity contribution in [1.29, 1.82) is 5.26 Å². The Labute approximate surface area is 208 Å². The van der Waals surface area contributed by atoms with Crippen molar-refractivity contribution in [3.8, 4) is 39.8 Å². The summed E-state index contributed by atoms with van der Waals surface area (Å²) in [5.74, 6) is 1.45. The van der Waals surface area contributed by atoms with Gasteiger partial charge in [-0.15, -0.1) is 0 Å². The average Bonchev–Trinajstić information content (AvgIpc) is 3.20. The summed E-state index contributed by atoms with van der Waals surface area (Å²) < 4.78 is 6.67. The van der Waals surface area contributed by atoms with Gasteiger partial charge in [0, 0.05) is 16.7 Å². The normalized spacial score (nSPS) is 13.7. The van der Waals surface area contributed by atoms with Gasteiger partial charge in [0.1, 0.15) is 5.75 Å². The Bertz CT molecular complexity index is 1670. The third kappa shape index (κ3) is 2.59. The summed E-state index contributed by atoms with van der Waals surface area (Å²) in [5.41, 5.74) is 8.91. The molecular formula is C32H18ClNO. The predicted octanol–water partition coefficient (Wildman–Crippen LogP) is 8.35. The van der Waals surface area contributed by atoms with E-state index >= 15 is 0 Å². The highest BCUT2D eigenvalue weighted by molar-refractivity contribution is 6.32. The van der Waals surface area contributed by atoms with E-state index in [9.17, 15) is 5.26 Å². The molecule has 5 aromatic rings. The first-order chi connectivity index (χ1) is 17.2. The molecule has 0 saturated heterocycles. The van der Waals surface area contributed by atoms with Crippen molar-refractivity contribution in [3.05, 3.63) is 142 Å². The van der Waals surface area contributed by atoms with Gasteiger partial charge in [-0.25, -0.2) is 0 Å². The van der Waals surface area contributed by atoms with E-state index in [1.165, 1.54) is 22.3 Å². The van der Waals surface area contributed by atoms with Crippen LogP contribution in [0.1, 0.15) is 27.8 Å². The molecule has 1 spiro atoms. The van der Waals surface area contributed by atoms with Crippen molar-refractivity contribution in [1.82, 2.24) is 0 Å². The summed E-state index contributed by atoms with van der Waals surface area (Å²) in [6.07, 6.45) is 0. The summed E-state index contributed by atoms with van der Waals surface area (Å²) in [6, 6.07) is 39.4. The maximum atomic E-state index is 9.50. The Morgan fingerprint density at radius 1 is 0.600 bits per heavy atom. The van der Waals surface area contributed by atoms with Crippen LogP contribution in [0.25, 0.3) is 22.3 Å². The quantitative estimate of drug-likeness (QED) is 0.243. The Hall–Kier alpha value is -4.32. The number of nitrogens with zero attached hydrogens (tertiary/aromatic N) is 1. The molecule has 0 saturated carbocycles. The number of halogens is 1. The molecule has 3 heteroatoms. The number of fused-ring (bicyclic) bond motifs is 9. The topological polar surface area (TPSA) is 33.0 Å². The van der Waals surface area contributed by atoms with Crippen LogP contribution in [0.4, 0.5) is 0 Å². The Morgan fingerprint density at radius 2 is 1.17 bits per heavy atom. The summed E-state index contributed by atoms with van der Waals surface area (Å²) >= 11 is 6.80. The van der Waals surface area contributed by atoms with Gasteiger partial charge in [0.2, 0.25) is 0 Å². The first-order valence-electron chi connectivity index (χ1n) is 11.5. The fourth-order valence-corrected chi connectivity index (χ4v) is 6.11. The molecule has 164 valence electrons. The van der Waals surface area contributed by atoms with Gasteiger partial charge in [-0.05, 0) is 46.0 Å². The monoisotopic (exact) mass is 467 g/mol. The Kier molecular flexibility index (Phi) is 4.21. The third-order valence-corrected chi connectivity index (χ3v) is 7.55. The second-order valence-electron chi connectivity index (χ2n) is 8.93. The number of hydrogen-bond acceptors (Lipinski definition) is 2. The molecule has 0 amide bonds. The zero-order valence-electron chi connectivity index (χ0n) is 18.6. The molecule has 0 N–H and O–H groups in total. The number of benzene rings is 5. The highest BCUT2D eigenvalue weighted by Gasteiger charge is 2.51. The zero-order valence-corrected chi connectivity index (χ0v) is 19.4. The molecule has 0 radical (unpaired) electrons. The number of nitriles is 1. The second kappa shape index (κ2) is 7.34. The van der Waals surface area contributed by atoms with Crippen molar-refractivity contribution in [2.75, 3.05) is 0 Å². The van der Waals surface area contributed by atoms with Crippen molar-refractivity contribution in [3.63, 3.8) is 0 Å². The lowest BCUT2D eigenvalue weighted by molar-refractivity contribution is 0.438. The highest BCUT2D eigenvalue weighted by atomic mass is 35.5. The lowest BCUT2D eigenvalue weighted by Crippen LogP contribution is -2.32. The van der Waals surface area contributed by atoms with Crippen LogP contribution in [0.15, 0.2) is 109 Å². The molecule has 1 heterocycles. The molecule has 2 aliphatic rings. The first kappa shape index (κ1) is 20.1. The van der Waals surface area contributed by atoms with Crippen LogP contribution in [0.3, 0.4) is 0 Å². The van der Waals surface area contributed by atoms with Gasteiger partial charge in [0.05, 0.1) is 22.1 Å². The smallest absolute Gasteiger partial charge is 0.150 e. The molecule has 35 heavy (non-hydrogen) atoms. The van der Waals surface area contributed by atoms with Gasteiger partial charge >= 0.3 is 0 Å². The van der Waals surface area contributed by atoms with Crippen LogP contribution in [-0.2, 0) is 5.41 Å². The minimum Gasteiger partial charge on any atom is -0.454 e. The molecule has 0 aromatic heterocycles. The van der Waals surface area contributed by atoms with Crippen molar-refractivity contribution >= 4 is 11.6 Å². The van der Waals surface area contributed by atoms with Crippen LogP contribution >= 0.6 is 11.6 Å². The maximum absolute atomic E-state index is 9.50. The van der Waals surface area contributed by atoms with Gasteiger partial charge in [0.25, 0.3) is 0 Å². The maximum Gasteiger partial charge on any atom is 0.150 e. The lowest BCUT2D eigenvalue weighted by Gasteiger charge is -2.40. The van der Waals surface area contributed by atoms with Gasteiger partial charge in [-0.2, -0.15) is 5.26 Å². The van der Waals surface area contributed by atoms with E-state index in [-0.39, 0.29) is 0 Å². The molecule has 1 aliphatic heterocycles. The Balaban J connectivity index is 1.65. The molecule has 0 unspecified atom stereocenters. The summed E-state index contributed by atoms with van der Waals surface area (Å²) in [5, 5.41) is 10.1. The van der Waals surface area contributed by atoms with Crippen LogP contribution in [0.5, 0.6) is 11.5 Å².